The monoisotopic (exact) mass is 407 g/mol. The van der Waals surface area contributed by atoms with E-state index >= 15 is 0 Å². The summed E-state index contributed by atoms with van der Waals surface area (Å²) in [6.45, 7) is 0. The third kappa shape index (κ3) is 2.82. The van der Waals surface area contributed by atoms with Crippen LogP contribution < -0.4 is 0 Å². The highest BCUT2D eigenvalue weighted by molar-refractivity contribution is 6.78. The van der Waals surface area contributed by atoms with E-state index in [0.29, 0.717) is 5.56 Å². The van der Waals surface area contributed by atoms with E-state index in [2.05, 4.69) is 6.07 Å². The minimum Gasteiger partial charge on any atom is -0.0930 e. The van der Waals surface area contributed by atoms with E-state index in [4.69, 9.17) is 81.2 Å². The fraction of sp³-hybridized carbons (Fsp3) is 0.231. The molecule has 0 aliphatic heterocycles. The second-order valence-corrected chi connectivity index (χ2v) is 9.02. The van der Waals surface area contributed by atoms with Gasteiger partial charge in [-0.2, -0.15) is 0 Å². The molecule has 2 aromatic carbocycles. The molecule has 0 aromatic heterocycles. The van der Waals surface area contributed by atoms with Gasteiger partial charge in [-0.05, 0) is 22.4 Å². The van der Waals surface area contributed by atoms with Crippen LogP contribution in [0, 0.1) is 6.07 Å². The van der Waals surface area contributed by atoms with Gasteiger partial charge in [-0.1, -0.05) is 118 Å². The van der Waals surface area contributed by atoms with Crippen LogP contribution in [0.25, 0.3) is 10.8 Å². The van der Waals surface area contributed by atoms with Crippen LogP contribution in [0.2, 0.25) is 0 Å². The molecule has 0 unspecified atom stereocenters. The third-order valence-corrected chi connectivity index (χ3v) is 6.72. The Morgan fingerprint density at radius 3 is 2.00 bits per heavy atom. The fourth-order valence-electron chi connectivity index (χ4n) is 1.77. The van der Waals surface area contributed by atoms with Crippen LogP contribution in [0.15, 0.2) is 36.4 Å². The second-order valence-electron chi connectivity index (χ2n) is 4.08. The number of fused-ring (bicyclic) bond motifs is 1. The molecule has 0 saturated carbocycles. The van der Waals surface area contributed by atoms with Gasteiger partial charge in [0.2, 0.25) is 8.13 Å². The van der Waals surface area contributed by atoms with E-state index in [9.17, 15) is 0 Å². The summed E-state index contributed by atoms with van der Waals surface area (Å²) in [6.07, 6.45) is 0. The number of halogens is 7. The van der Waals surface area contributed by atoms with Crippen molar-refractivity contribution in [3.63, 3.8) is 0 Å². The predicted molar refractivity (Wildman–Crippen MR) is 90.9 cm³/mol. The minimum absolute atomic E-state index is 0.437. The van der Waals surface area contributed by atoms with Crippen molar-refractivity contribution in [1.82, 2.24) is 0 Å². The zero-order chi connectivity index (χ0) is 15.2. The molecule has 107 valence electrons. The second kappa shape index (κ2) is 5.74. The van der Waals surface area contributed by atoms with E-state index in [0.717, 1.165) is 10.8 Å². The summed E-state index contributed by atoms with van der Waals surface area (Å²) < 4.78 is -5.98. The quantitative estimate of drug-likeness (QED) is 0.477. The topological polar surface area (TPSA) is 0 Å². The highest BCUT2D eigenvalue weighted by Crippen LogP contribution is 2.61. The molecule has 0 nitrogen and oxygen atoms in total. The van der Waals surface area contributed by atoms with Crippen molar-refractivity contribution in [1.29, 1.82) is 0 Å². The maximum Gasteiger partial charge on any atom is 0.226 e. The first-order chi connectivity index (χ1) is 9.09. The molecule has 0 aliphatic rings. The molecule has 1 radical (unpaired) electrons. The normalized spacial score (nSPS) is 13.8. The molecule has 20 heavy (non-hydrogen) atoms. The molecular weight excluding hydrogens is 404 g/mol. The Balaban J connectivity index is 2.69. The average Bonchev–Trinajstić information content (AvgIpc) is 2.36. The van der Waals surface area contributed by atoms with Crippen LogP contribution in [0.3, 0.4) is 0 Å². The summed E-state index contributed by atoms with van der Waals surface area (Å²) >= 11 is 42.4. The predicted octanol–water partition coefficient (Wildman–Crippen LogP) is 6.81. The zero-order valence-corrected chi connectivity index (χ0v) is 14.9. The summed E-state index contributed by atoms with van der Waals surface area (Å²) in [6, 6.07) is 13.7. The maximum atomic E-state index is 6.35. The number of hydrogen-bond acceptors (Lipinski definition) is 0. The lowest BCUT2D eigenvalue weighted by Crippen LogP contribution is -2.45. The summed E-state index contributed by atoms with van der Waals surface area (Å²) in [5.74, 6) is 0. The Labute approximate surface area is 151 Å². The van der Waals surface area contributed by atoms with Crippen LogP contribution in [-0.2, 0) is 4.33 Å². The SMILES string of the molecule is ClC(Cl)(Cl)C(Cl)(Cl)C(Cl)(Cl)c1cc[c]c2ccccc12. The van der Waals surface area contributed by atoms with Gasteiger partial charge < -0.3 is 0 Å². The van der Waals surface area contributed by atoms with Crippen molar-refractivity contribution >= 4 is 92.0 Å². The zero-order valence-electron chi connectivity index (χ0n) is 9.61. The van der Waals surface area contributed by atoms with Gasteiger partial charge in [0.05, 0.1) is 0 Å². The van der Waals surface area contributed by atoms with E-state index < -0.39 is 12.5 Å². The molecule has 0 saturated heterocycles. The van der Waals surface area contributed by atoms with E-state index in [1.165, 1.54) is 0 Å². The molecule has 2 rings (SSSR count). The summed E-state index contributed by atoms with van der Waals surface area (Å²) in [5, 5.41) is 1.52. The molecule has 2 aromatic rings. The van der Waals surface area contributed by atoms with Crippen LogP contribution in [0.4, 0.5) is 0 Å². The first kappa shape index (κ1) is 17.1. The number of hydrogen-bond donors (Lipinski definition) is 0. The lowest BCUT2D eigenvalue weighted by Gasteiger charge is -2.38. The molecule has 0 amide bonds. The first-order valence-corrected chi connectivity index (χ1v) is 7.96. The molecule has 0 N–H and O–H groups in total. The lowest BCUT2D eigenvalue weighted by atomic mass is 10.00. The van der Waals surface area contributed by atoms with Crippen LogP contribution in [0.1, 0.15) is 5.56 Å². The highest BCUT2D eigenvalue weighted by Gasteiger charge is 2.61. The summed E-state index contributed by atoms with van der Waals surface area (Å²) in [5.41, 5.74) is 0.437. The first-order valence-electron chi connectivity index (χ1n) is 5.31. The smallest absolute Gasteiger partial charge is 0.0930 e. The van der Waals surface area contributed by atoms with Crippen LogP contribution in [0.5, 0.6) is 0 Å². The lowest BCUT2D eigenvalue weighted by molar-refractivity contribution is 0.703. The van der Waals surface area contributed by atoms with Crippen molar-refractivity contribution in [2.75, 3.05) is 0 Å². The summed E-state index contributed by atoms with van der Waals surface area (Å²) in [4.78, 5) is 0. The van der Waals surface area contributed by atoms with E-state index in [1.807, 2.05) is 24.3 Å². The largest absolute Gasteiger partial charge is 0.226 e. The number of benzene rings is 2. The Morgan fingerprint density at radius 2 is 1.40 bits per heavy atom. The van der Waals surface area contributed by atoms with Gasteiger partial charge in [0, 0.05) is 0 Å². The van der Waals surface area contributed by atoms with Gasteiger partial charge in [-0.25, -0.2) is 0 Å². The van der Waals surface area contributed by atoms with E-state index in [1.54, 1.807) is 12.1 Å². The van der Waals surface area contributed by atoms with Gasteiger partial charge in [-0.15, -0.1) is 0 Å². The molecule has 0 atom stereocenters. The van der Waals surface area contributed by atoms with Crippen LogP contribution >= 0.6 is 81.2 Å². The van der Waals surface area contributed by atoms with Gasteiger partial charge in [0.15, 0.2) is 4.33 Å². The van der Waals surface area contributed by atoms with Crippen molar-refractivity contribution < 1.29 is 0 Å². The molecule has 0 spiro atoms. The Kier molecular flexibility index (Phi) is 4.90. The molecule has 0 bridgehead atoms. The fourth-order valence-corrected chi connectivity index (χ4v) is 3.30. The van der Waals surface area contributed by atoms with Crippen molar-refractivity contribution in [3.05, 3.63) is 48.0 Å². The van der Waals surface area contributed by atoms with Gasteiger partial charge in [-0.3, -0.25) is 0 Å². The molecule has 0 aliphatic carbocycles. The molecular formula is C13H6Cl7. The summed E-state index contributed by atoms with van der Waals surface area (Å²) in [7, 11) is 0. The minimum atomic E-state index is -2.08. The molecule has 0 fully saturated rings. The van der Waals surface area contributed by atoms with Crippen LogP contribution in [-0.4, -0.2) is 8.13 Å². The Bertz CT molecular complexity index is 623. The molecule has 0 heterocycles. The highest BCUT2D eigenvalue weighted by atomic mass is 35.6. The number of rotatable bonds is 2. The number of alkyl halides is 7. The van der Waals surface area contributed by atoms with Crippen molar-refractivity contribution in [3.8, 4) is 0 Å². The van der Waals surface area contributed by atoms with Crippen molar-refractivity contribution in [2.24, 2.45) is 0 Å². The van der Waals surface area contributed by atoms with Gasteiger partial charge >= 0.3 is 0 Å². The van der Waals surface area contributed by atoms with E-state index in [-0.39, 0.29) is 0 Å². The Hall–Kier alpha value is 0.730. The van der Waals surface area contributed by atoms with Gasteiger partial charge in [0.25, 0.3) is 0 Å². The van der Waals surface area contributed by atoms with Crippen molar-refractivity contribution in [2.45, 2.75) is 12.5 Å². The average molecular weight is 410 g/mol. The standard InChI is InChI=1S/C13H6Cl7/c14-11(15,12(16,17)13(18,19)20)10-7-3-5-8-4-1-2-6-9(8)10/h1-4,6-7H. The molecule has 7 heteroatoms. The maximum absolute atomic E-state index is 6.35. The third-order valence-electron chi connectivity index (χ3n) is 2.79. The van der Waals surface area contributed by atoms with Gasteiger partial charge in [0.1, 0.15) is 0 Å². The Morgan fingerprint density at radius 1 is 0.800 bits per heavy atom.